The van der Waals surface area contributed by atoms with Crippen LogP contribution in [0.4, 0.5) is 10.1 Å². The molecule has 1 rings (SSSR count). The molecule has 4 nitrogen and oxygen atoms in total. The van der Waals surface area contributed by atoms with Crippen LogP contribution in [0.2, 0.25) is 5.02 Å². The van der Waals surface area contributed by atoms with Crippen LogP contribution in [-0.2, 0) is 0 Å². The molecular weight excluding hydrogens is 219 g/mol. The molecule has 0 aromatic heterocycles. The molecule has 2 N–H and O–H groups in total. The molecule has 1 aromatic rings. The zero-order chi connectivity index (χ0) is 11.3. The number of nitrogens with two attached hydrogens (primary N) is 1. The van der Waals surface area contributed by atoms with Gasteiger partial charge in [0.25, 0.3) is 0 Å². The SMILES string of the molecule is [N-]=[N+]=NCC#Cc1cc(Cl)cc(F)c1N. The third-order valence-electron chi connectivity index (χ3n) is 1.53. The number of hydrogen-bond donors (Lipinski definition) is 1. The van der Waals surface area contributed by atoms with Crippen molar-refractivity contribution in [2.75, 3.05) is 12.3 Å². The van der Waals surface area contributed by atoms with Gasteiger partial charge in [0.2, 0.25) is 0 Å². The third-order valence-corrected chi connectivity index (χ3v) is 1.75. The van der Waals surface area contributed by atoms with E-state index >= 15 is 0 Å². The lowest BCUT2D eigenvalue weighted by Gasteiger charge is -2.00. The first-order chi connectivity index (χ1) is 7.15. The van der Waals surface area contributed by atoms with Crippen LogP contribution in [0, 0.1) is 17.7 Å². The fourth-order valence-electron chi connectivity index (χ4n) is 0.890. The van der Waals surface area contributed by atoms with Crippen molar-refractivity contribution in [2.24, 2.45) is 5.11 Å². The van der Waals surface area contributed by atoms with E-state index in [-0.39, 0.29) is 22.8 Å². The van der Waals surface area contributed by atoms with Crippen molar-refractivity contribution in [3.63, 3.8) is 0 Å². The van der Waals surface area contributed by atoms with Gasteiger partial charge in [-0.2, -0.15) is 0 Å². The summed E-state index contributed by atoms with van der Waals surface area (Å²) < 4.78 is 13.1. The first kappa shape index (κ1) is 11.2. The number of halogens is 2. The van der Waals surface area contributed by atoms with Crippen LogP contribution < -0.4 is 5.73 Å². The van der Waals surface area contributed by atoms with E-state index in [1.165, 1.54) is 6.07 Å². The van der Waals surface area contributed by atoms with Gasteiger partial charge in [-0.1, -0.05) is 28.6 Å². The maximum absolute atomic E-state index is 13.1. The maximum atomic E-state index is 13.1. The van der Waals surface area contributed by atoms with E-state index in [0.717, 1.165) is 6.07 Å². The van der Waals surface area contributed by atoms with E-state index in [4.69, 9.17) is 22.9 Å². The fourth-order valence-corrected chi connectivity index (χ4v) is 1.09. The first-order valence-electron chi connectivity index (χ1n) is 3.89. The molecule has 0 bridgehead atoms. The van der Waals surface area contributed by atoms with E-state index in [1.807, 2.05) is 0 Å². The zero-order valence-corrected chi connectivity index (χ0v) is 8.29. The number of nitrogen functional groups attached to an aromatic ring is 1. The van der Waals surface area contributed by atoms with E-state index < -0.39 is 5.82 Å². The van der Waals surface area contributed by atoms with E-state index in [9.17, 15) is 4.39 Å². The number of anilines is 1. The second kappa shape index (κ2) is 5.11. The quantitative estimate of drug-likeness (QED) is 0.257. The van der Waals surface area contributed by atoms with Gasteiger partial charge in [0.1, 0.15) is 5.82 Å². The van der Waals surface area contributed by atoms with Gasteiger partial charge < -0.3 is 5.73 Å². The Morgan fingerprint density at radius 3 is 3.00 bits per heavy atom. The van der Waals surface area contributed by atoms with Crippen LogP contribution >= 0.6 is 11.6 Å². The molecule has 1 aromatic carbocycles. The van der Waals surface area contributed by atoms with Crippen molar-refractivity contribution in [1.29, 1.82) is 0 Å². The van der Waals surface area contributed by atoms with Gasteiger partial charge in [0, 0.05) is 9.93 Å². The highest BCUT2D eigenvalue weighted by molar-refractivity contribution is 6.30. The minimum absolute atomic E-state index is 0.00404. The van der Waals surface area contributed by atoms with Gasteiger partial charge in [-0.05, 0) is 17.7 Å². The number of rotatable bonds is 1. The molecule has 76 valence electrons. The molecule has 15 heavy (non-hydrogen) atoms. The predicted octanol–water partition coefficient (Wildman–Crippen LogP) is 2.72. The Kier molecular flexibility index (Phi) is 3.81. The molecule has 0 aliphatic carbocycles. The Bertz CT molecular complexity index is 483. The number of nitrogens with zero attached hydrogens (tertiary/aromatic N) is 3. The molecule has 0 saturated carbocycles. The first-order valence-corrected chi connectivity index (χ1v) is 4.27. The van der Waals surface area contributed by atoms with E-state index in [1.54, 1.807) is 0 Å². The number of hydrogen-bond acceptors (Lipinski definition) is 2. The molecular formula is C9H6ClFN4. The lowest BCUT2D eigenvalue weighted by atomic mass is 10.2. The average Bonchev–Trinajstić information content (AvgIpc) is 2.19. The standard InChI is InChI=1S/C9H6ClFN4/c10-7-4-6(2-1-3-14-15-13)9(12)8(11)5-7/h4-5H,3,12H2. The largest absolute Gasteiger partial charge is 0.395 e. The maximum Gasteiger partial charge on any atom is 0.148 e. The highest BCUT2D eigenvalue weighted by Crippen LogP contribution is 2.20. The summed E-state index contributed by atoms with van der Waals surface area (Å²) in [7, 11) is 0. The van der Waals surface area contributed by atoms with Gasteiger partial charge in [0.05, 0.1) is 17.8 Å². The van der Waals surface area contributed by atoms with Crippen LogP contribution in [0.3, 0.4) is 0 Å². The van der Waals surface area contributed by atoms with Crippen molar-refractivity contribution in [1.82, 2.24) is 0 Å². The van der Waals surface area contributed by atoms with Crippen LogP contribution in [0.25, 0.3) is 10.4 Å². The van der Waals surface area contributed by atoms with Gasteiger partial charge in [-0.15, -0.1) is 0 Å². The second-order valence-corrected chi connectivity index (χ2v) is 2.98. The Morgan fingerprint density at radius 2 is 2.33 bits per heavy atom. The van der Waals surface area contributed by atoms with Gasteiger partial charge in [-0.25, -0.2) is 4.39 Å². The zero-order valence-electron chi connectivity index (χ0n) is 7.54. The van der Waals surface area contributed by atoms with Crippen molar-refractivity contribution < 1.29 is 4.39 Å². The molecule has 0 amide bonds. The molecule has 0 aliphatic rings. The monoisotopic (exact) mass is 224 g/mol. The second-order valence-electron chi connectivity index (χ2n) is 2.54. The average molecular weight is 225 g/mol. The van der Waals surface area contributed by atoms with Crippen molar-refractivity contribution in [3.05, 3.63) is 39.0 Å². The molecule has 0 heterocycles. The van der Waals surface area contributed by atoms with Crippen LogP contribution in [0.1, 0.15) is 5.56 Å². The highest BCUT2D eigenvalue weighted by Gasteiger charge is 2.04. The van der Waals surface area contributed by atoms with Crippen LogP contribution in [0.5, 0.6) is 0 Å². The van der Waals surface area contributed by atoms with Crippen LogP contribution in [0.15, 0.2) is 17.2 Å². The minimum Gasteiger partial charge on any atom is -0.395 e. The molecule has 0 unspecified atom stereocenters. The number of benzene rings is 1. The Hall–Kier alpha value is -1.89. The Labute approximate surface area is 90.5 Å². The summed E-state index contributed by atoms with van der Waals surface area (Å²) in [4.78, 5) is 2.52. The van der Waals surface area contributed by atoms with Gasteiger partial charge >= 0.3 is 0 Å². The minimum atomic E-state index is -0.615. The van der Waals surface area contributed by atoms with Crippen LogP contribution in [-0.4, -0.2) is 6.54 Å². The predicted molar refractivity (Wildman–Crippen MR) is 56.7 cm³/mol. The van der Waals surface area contributed by atoms with E-state index in [2.05, 4.69) is 21.9 Å². The summed E-state index contributed by atoms with van der Waals surface area (Å²) in [6.45, 7) is 0.00404. The lowest BCUT2D eigenvalue weighted by Crippen LogP contribution is -1.94. The summed E-state index contributed by atoms with van der Waals surface area (Å²) in [5, 5.41) is 3.42. The molecule has 6 heteroatoms. The molecule has 0 spiro atoms. The topological polar surface area (TPSA) is 74.8 Å². The van der Waals surface area contributed by atoms with Crippen molar-refractivity contribution in [2.45, 2.75) is 0 Å². The Balaban J connectivity index is 3.02. The summed E-state index contributed by atoms with van der Waals surface area (Å²) in [6.07, 6.45) is 0. The summed E-state index contributed by atoms with van der Waals surface area (Å²) >= 11 is 5.62. The van der Waals surface area contributed by atoms with Crippen molar-refractivity contribution >= 4 is 17.3 Å². The molecule has 0 aliphatic heterocycles. The Morgan fingerprint density at radius 1 is 1.60 bits per heavy atom. The lowest BCUT2D eigenvalue weighted by molar-refractivity contribution is 0.632. The normalized spacial score (nSPS) is 8.67. The smallest absolute Gasteiger partial charge is 0.148 e. The summed E-state index contributed by atoms with van der Waals surface area (Å²) in [5.74, 6) is 4.47. The molecule has 0 fully saturated rings. The summed E-state index contributed by atoms with van der Waals surface area (Å²) in [6, 6.07) is 2.55. The molecule has 0 radical (unpaired) electrons. The highest BCUT2D eigenvalue weighted by atomic mass is 35.5. The van der Waals surface area contributed by atoms with E-state index in [0.29, 0.717) is 0 Å². The van der Waals surface area contributed by atoms with Gasteiger partial charge in [0.15, 0.2) is 0 Å². The molecule has 0 saturated heterocycles. The molecule has 0 atom stereocenters. The van der Waals surface area contributed by atoms with Gasteiger partial charge in [-0.3, -0.25) is 0 Å². The third kappa shape index (κ3) is 3.06. The summed E-state index contributed by atoms with van der Waals surface area (Å²) in [5.41, 5.74) is 13.6. The number of azide groups is 1. The van der Waals surface area contributed by atoms with Crippen molar-refractivity contribution in [3.8, 4) is 11.8 Å². The fraction of sp³-hybridized carbons (Fsp3) is 0.111.